The fourth-order valence-electron chi connectivity index (χ4n) is 1.78. The second kappa shape index (κ2) is 4.37. The Hall–Kier alpha value is -1.40. The molecule has 0 aromatic heterocycles. The summed E-state index contributed by atoms with van der Waals surface area (Å²) in [5.41, 5.74) is 0.527. The zero-order valence-corrected chi connectivity index (χ0v) is 11.1. The van der Waals surface area contributed by atoms with E-state index in [2.05, 4.69) is 0 Å². The number of benzene rings is 1. The van der Waals surface area contributed by atoms with Gasteiger partial charge in [-0.2, -0.15) is 0 Å². The highest BCUT2D eigenvalue weighted by atomic mass is 35.5. The lowest BCUT2D eigenvalue weighted by atomic mass is 10.1. The van der Waals surface area contributed by atoms with Gasteiger partial charge in [-0.1, -0.05) is 17.7 Å². The largest absolute Gasteiger partial charge is 0.304 e. The van der Waals surface area contributed by atoms with Gasteiger partial charge in [-0.05, 0) is 12.1 Å². The van der Waals surface area contributed by atoms with E-state index in [0.29, 0.717) is 5.69 Å². The third kappa shape index (κ3) is 2.26. The molecule has 1 aliphatic heterocycles. The van der Waals surface area contributed by atoms with Gasteiger partial charge >= 0.3 is 0 Å². The third-order valence-corrected chi connectivity index (χ3v) is 3.87. The van der Waals surface area contributed by atoms with Crippen LogP contribution in [-0.2, 0) is 14.6 Å². The summed E-state index contributed by atoms with van der Waals surface area (Å²) in [4.78, 5) is 24.6. The van der Waals surface area contributed by atoms with Gasteiger partial charge in [-0.3, -0.25) is 9.59 Å². The molecule has 0 unspecified atom stereocenters. The topological polar surface area (TPSA) is 71.5 Å². The number of Topliss-reactive ketones (excluding diaryl/α,β-unsaturated/α-hetero) is 1. The average molecular weight is 288 g/mol. The first-order valence-electron chi connectivity index (χ1n) is 5.13. The Bertz CT molecular complexity index is 638. The van der Waals surface area contributed by atoms with Crippen molar-refractivity contribution in [1.82, 2.24) is 0 Å². The number of fused-ring (bicyclic) bond motifs is 1. The zero-order chi connectivity index (χ0) is 13.5. The van der Waals surface area contributed by atoms with Crippen molar-refractivity contribution < 1.29 is 18.0 Å². The van der Waals surface area contributed by atoms with Gasteiger partial charge in [0.2, 0.25) is 0 Å². The Balaban J connectivity index is 2.38. The molecule has 2 rings (SSSR count). The molecule has 0 fully saturated rings. The minimum Gasteiger partial charge on any atom is -0.304 e. The molecule has 5 nitrogen and oxygen atoms in total. The van der Waals surface area contributed by atoms with E-state index in [9.17, 15) is 18.0 Å². The molecule has 1 aliphatic rings. The molecular weight excluding hydrogens is 278 g/mol. The lowest BCUT2D eigenvalue weighted by molar-refractivity contribution is -0.114. The highest BCUT2D eigenvalue weighted by Crippen LogP contribution is 2.33. The van der Waals surface area contributed by atoms with Gasteiger partial charge in [0.25, 0.3) is 11.7 Å². The van der Waals surface area contributed by atoms with Gasteiger partial charge < -0.3 is 4.90 Å². The van der Waals surface area contributed by atoms with E-state index in [1.807, 2.05) is 0 Å². The van der Waals surface area contributed by atoms with E-state index >= 15 is 0 Å². The van der Waals surface area contributed by atoms with E-state index < -0.39 is 21.5 Å². The van der Waals surface area contributed by atoms with E-state index in [0.717, 1.165) is 11.2 Å². The number of amides is 1. The highest BCUT2D eigenvalue weighted by molar-refractivity contribution is 7.90. The normalized spacial score (nSPS) is 15.1. The van der Waals surface area contributed by atoms with Crippen LogP contribution < -0.4 is 4.90 Å². The maximum Gasteiger partial charge on any atom is 0.299 e. The van der Waals surface area contributed by atoms with Crippen LogP contribution in [0.25, 0.3) is 0 Å². The van der Waals surface area contributed by atoms with Crippen LogP contribution in [-0.4, -0.2) is 38.7 Å². The summed E-state index contributed by atoms with van der Waals surface area (Å²) in [6, 6.07) is 4.71. The minimum absolute atomic E-state index is 0.0449. The number of nitrogens with zero attached hydrogens (tertiary/aromatic N) is 1. The van der Waals surface area contributed by atoms with Crippen molar-refractivity contribution in [3.63, 3.8) is 0 Å². The quantitative estimate of drug-likeness (QED) is 0.775. The van der Waals surface area contributed by atoms with Crippen molar-refractivity contribution in [2.75, 3.05) is 23.5 Å². The summed E-state index contributed by atoms with van der Waals surface area (Å²) in [6.45, 7) is -0.0449. The molecule has 7 heteroatoms. The lowest BCUT2D eigenvalue weighted by Crippen LogP contribution is -2.33. The van der Waals surface area contributed by atoms with Crippen molar-refractivity contribution in [3.8, 4) is 0 Å². The van der Waals surface area contributed by atoms with Crippen LogP contribution in [0.1, 0.15) is 10.4 Å². The molecule has 0 bridgehead atoms. The summed E-state index contributed by atoms with van der Waals surface area (Å²) in [7, 11) is -3.20. The van der Waals surface area contributed by atoms with Crippen molar-refractivity contribution in [3.05, 3.63) is 28.8 Å². The van der Waals surface area contributed by atoms with Crippen molar-refractivity contribution in [2.45, 2.75) is 0 Å². The highest BCUT2D eigenvalue weighted by Gasteiger charge is 2.37. The molecule has 1 amide bonds. The number of anilines is 1. The second-order valence-electron chi connectivity index (χ2n) is 4.05. The molecule has 0 radical (unpaired) electrons. The molecule has 0 atom stereocenters. The number of carbonyl (C=O) groups is 2. The molecule has 18 heavy (non-hydrogen) atoms. The number of hydrogen-bond donors (Lipinski definition) is 0. The minimum atomic E-state index is -3.20. The van der Waals surface area contributed by atoms with Gasteiger partial charge in [-0.25, -0.2) is 8.42 Å². The molecule has 0 spiro atoms. The summed E-state index contributed by atoms with van der Waals surface area (Å²) >= 11 is 5.87. The number of carbonyl (C=O) groups excluding carboxylic acids is 2. The van der Waals surface area contributed by atoms with Crippen molar-refractivity contribution in [1.29, 1.82) is 0 Å². The Morgan fingerprint density at radius 1 is 1.28 bits per heavy atom. The van der Waals surface area contributed by atoms with E-state index in [1.54, 1.807) is 12.1 Å². The van der Waals surface area contributed by atoms with Crippen molar-refractivity contribution in [2.24, 2.45) is 0 Å². The molecule has 1 aromatic rings. The number of sulfone groups is 1. The van der Waals surface area contributed by atoms with Crippen LogP contribution in [0.4, 0.5) is 5.69 Å². The third-order valence-electron chi connectivity index (χ3n) is 2.63. The standard InChI is InChI=1S/C11H10ClNO4S/c1-18(16,17)6-5-13-8-4-2-3-7(12)9(8)10(14)11(13)15/h2-4H,5-6H2,1H3. The molecule has 0 saturated carbocycles. The molecule has 0 saturated heterocycles. The fraction of sp³-hybridized carbons (Fsp3) is 0.273. The van der Waals surface area contributed by atoms with Crippen molar-refractivity contribution >= 4 is 38.8 Å². The molecule has 0 N–H and O–H groups in total. The Kier molecular flexibility index (Phi) is 3.16. The SMILES string of the molecule is CS(=O)(=O)CCN1C(=O)C(=O)c2c(Cl)cccc21. The first-order chi connectivity index (χ1) is 8.31. The smallest absolute Gasteiger partial charge is 0.299 e. The molecule has 1 heterocycles. The van der Waals surface area contributed by atoms with Gasteiger partial charge in [0.1, 0.15) is 9.84 Å². The fourth-order valence-corrected chi connectivity index (χ4v) is 2.55. The van der Waals surface area contributed by atoms with Gasteiger partial charge in [0.15, 0.2) is 0 Å². The molecule has 1 aromatic carbocycles. The van der Waals surface area contributed by atoms with Gasteiger partial charge in [0.05, 0.1) is 22.0 Å². The van der Waals surface area contributed by atoms with Gasteiger partial charge in [0, 0.05) is 12.8 Å². The summed E-state index contributed by atoms with van der Waals surface area (Å²) in [5.74, 6) is -1.62. The Morgan fingerprint density at radius 2 is 1.94 bits per heavy atom. The first-order valence-corrected chi connectivity index (χ1v) is 7.57. The van der Waals surface area contributed by atoms with E-state index in [-0.39, 0.29) is 22.9 Å². The predicted molar refractivity (Wildman–Crippen MR) is 67.8 cm³/mol. The second-order valence-corrected chi connectivity index (χ2v) is 6.72. The average Bonchev–Trinajstić information content (AvgIpc) is 2.50. The van der Waals surface area contributed by atoms with Crippen LogP contribution in [0.5, 0.6) is 0 Å². The summed E-state index contributed by atoms with van der Waals surface area (Å²) in [6.07, 6.45) is 1.08. The predicted octanol–water partition coefficient (Wildman–Crippen LogP) is 0.914. The maximum absolute atomic E-state index is 11.8. The summed E-state index contributed by atoms with van der Waals surface area (Å²) < 4.78 is 22.2. The molecule has 96 valence electrons. The molecular formula is C11H10ClNO4S. The summed E-state index contributed by atoms with van der Waals surface area (Å²) in [5, 5.41) is 0.202. The van der Waals surface area contributed by atoms with Crippen LogP contribution in [0.3, 0.4) is 0 Å². The maximum atomic E-state index is 11.8. The van der Waals surface area contributed by atoms with Gasteiger partial charge in [-0.15, -0.1) is 0 Å². The number of ketones is 1. The van der Waals surface area contributed by atoms with E-state index in [1.165, 1.54) is 6.07 Å². The van der Waals surface area contributed by atoms with Crippen LogP contribution >= 0.6 is 11.6 Å². The Labute approximate surface area is 109 Å². The van der Waals surface area contributed by atoms with Crippen LogP contribution in [0.15, 0.2) is 18.2 Å². The zero-order valence-electron chi connectivity index (χ0n) is 9.51. The molecule has 0 aliphatic carbocycles. The monoisotopic (exact) mass is 287 g/mol. The van der Waals surface area contributed by atoms with Crippen LogP contribution in [0, 0.1) is 0 Å². The first kappa shape index (κ1) is 13.0. The number of rotatable bonds is 3. The number of hydrogen-bond acceptors (Lipinski definition) is 4. The van der Waals surface area contributed by atoms with Crippen LogP contribution in [0.2, 0.25) is 5.02 Å². The lowest BCUT2D eigenvalue weighted by Gasteiger charge is -2.15. The Morgan fingerprint density at radius 3 is 2.56 bits per heavy atom. The number of halogens is 1. The van der Waals surface area contributed by atoms with E-state index in [4.69, 9.17) is 11.6 Å².